The van der Waals surface area contributed by atoms with Crippen molar-refractivity contribution in [3.63, 3.8) is 0 Å². The SMILES string of the molecule is CS(=O)(=O)N(CC(=O)N1CCOCC1)c1ccc(Oc2ccccc2)cc1. The summed E-state index contributed by atoms with van der Waals surface area (Å²) < 4.78 is 36.5. The lowest BCUT2D eigenvalue weighted by atomic mass is 10.3. The lowest BCUT2D eigenvalue weighted by Gasteiger charge is -2.30. The molecule has 1 aliphatic rings. The molecule has 0 unspecified atom stereocenters. The van der Waals surface area contributed by atoms with Crippen molar-refractivity contribution in [1.29, 1.82) is 0 Å². The monoisotopic (exact) mass is 390 g/mol. The van der Waals surface area contributed by atoms with Crippen molar-refractivity contribution < 1.29 is 22.7 Å². The number of carbonyl (C=O) groups excluding carboxylic acids is 1. The molecule has 1 fully saturated rings. The Labute approximate surface area is 159 Å². The zero-order valence-electron chi connectivity index (χ0n) is 15.1. The highest BCUT2D eigenvalue weighted by atomic mass is 32.2. The number of ether oxygens (including phenoxy) is 2. The van der Waals surface area contributed by atoms with E-state index in [1.54, 1.807) is 29.2 Å². The number of hydrogen-bond donors (Lipinski definition) is 0. The molecule has 2 aromatic rings. The van der Waals surface area contributed by atoms with Crippen LogP contribution in [-0.2, 0) is 19.6 Å². The van der Waals surface area contributed by atoms with Crippen LogP contribution in [0.2, 0.25) is 0 Å². The molecule has 144 valence electrons. The van der Waals surface area contributed by atoms with Gasteiger partial charge in [0.15, 0.2) is 0 Å². The number of rotatable bonds is 6. The summed E-state index contributed by atoms with van der Waals surface area (Å²) >= 11 is 0. The number of nitrogens with zero attached hydrogens (tertiary/aromatic N) is 2. The van der Waals surface area contributed by atoms with E-state index in [0.29, 0.717) is 43.5 Å². The molecule has 27 heavy (non-hydrogen) atoms. The maximum Gasteiger partial charge on any atom is 0.243 e. The highest BCUT2D eigenvalue weighted by Crippen LogP contribution is 2.25. The van der Waals surface area contributed by atoms with Crippen LogP contribution in [0.1, 0.15) is 0 Å². The van der Waals surface area contributed by atoms with Gasteiger partial charge in [-0.05, 0) is 36.4 Å². The Morgan fingerprint density at radius 3 is 2.22 bits per heavy atom. The zero-order valence-corrected chi connectivity index (χ0v) is 15.9. The number of anilines is 1. The summed E-state index contributed by atoms with van der Waals surface area (Å²) in [5.41, 5.74) is 0.416. The summed E-state index contributed by atoms with van der Waals surface area (Å²) in [4.78, 5) is 14.1. The van der Waals surface area contributed by atoms with Crippen LogP contribution in [0.25, 0.3) is 0 Å². The Bertz CT molecular complexity index is 863. The summed E-state index contributed by atoms with van der Waals surface area (Å²) in [6.45, 7) is 1.64. The molecule has 1 amide bonds. The van der Waals surface area contributed by atoms with Gasteiger partial charge in [-0.15, -0.1) is 0 Å². The van der Waals surface area contributed by atoms with Gasteiger partial charge >= 0.3 is 0 Å². The van der Waals surface area contributed by atoms with E-state index < -0.39 is 10.0 Å². The highest BCUT2D eigenvalue weighted by molar-refractivity contribution is 7.92. The highest BCUT2D eigenvalue weighted by Gasteiger charge is 2.25. The van der Waals surface area contributed by atoms with Crippen LogP contribution in [0.15, 0.2) is 54.6 Å². The number of sulfonamides is 1. The van der Waals surface area contributed by atoms with E-state index in [0.717, 1.165) is 10.6 Å². The third-order valence-electron chi connectivity index (χ3n) is 4.15. The second-order valence-electron chi connectivity index (χ2n) is 6.17. The minimum Gasteiger partial charge on any atom is -0.457 e. The smallest absolute Gasteiger partial charge is 0.243 e. The minimum absolute atomic E-state index is 0.238. The molecule has 0 spiro atoms. The van der Waals surface area contributed by atoms with Gasteiger partial charge < -0.3 is 14.4 Å². The standard InChI is InChI=1S/C19H22N2O5S/c1-27(23,24)21(15-19(22)20-11-13-25-14-12-20)16-7-9-18(10-8-16)26-17-5-3-2-4-6-17/h2-10H,11-15H2,1H3. The Hall–Kier alpha value is -2.58. The van der Waals surface area contributed by atoms with E-state index in [2.05, 4.69) is 0 Å². The normalized spacial score (nSPS) is 14.6. The minimum atomic E-state index is -3.61. The van der Waals surface area contributed by atoms with Crippen LogP contribution >= 0.6 is 0 Å². The van der Waals surface area contributed by atoms with Gasteiger partial charge in [-0.1, -0.05) is 18.2 Å². The van der Waals surface area contributed by atoms with Crippen LogP contribution < -0.4 is 9.04 Å². The summed E-state index contributed by atoms with van der Waals surface area (Å²) in [5.74, 6) is 1.03. The summed E-state index contributed by atoms with van der Waals surface area (Å²) in [5, 5.41) is 0. The third-order valence-corrected chi connectivity index (χ3v) is 5.29. The number of amides is 1. The topological polar surface area (TPSA) is 76.2 Å². The van der Waals surface area contributed by atoms with E-state index >= 15 is 0 Å². The molecule has 0 aromatic heterocycles. The molecule has 1 heterocycles. The Balaban J connectivity index is 1.74. The van der Waals surface area contributed by atoms with Crippen LogP contribution in [-0.4, -0.2) is 58.3 Å². The molecule has 7 nitrogen and oxygen atoms in total. The molecule has 3 rings (SSSR count). The van der Waals surface area contributed by atoms with E-state index in [4.69, 9.17) is 9.47 Å². The van der Waals surface area contributed by atoms with Crippen molar-refractivity contribution in [3.8, 4) is 11.5 Å². The number of para-hydroxylation sites is 1. The molecule has 0 aliphatic carbocycles. The fraction of sp³-hybridized carbons (Fsp3) is 0.316. The predicted molar refractivity (Wildman–Crippen MR) is 103 cm³/mol. The molecule has 8 heteroatoms. The number of carbonyl (C=O) groups is 1. The molecule has 0 saturated carbocycles. The predicted octanol–water partition coefficient (Wildman–Crippen LogP) is 2.10. The maximum absolute atomic E-state index is 12.5. The van der Waals surface area contributed by atoms with Gasteiger partial charge in [0.1, 0.15) is 18.0 Å². The molecule has 1 aliphatic heterocycles. The van der Waals surface area contributed by atoms with Crippen LogP contribution in [0, 0.1) is 0 Å². The van der Waals surface area contributed by atoms with E-state index in [-0.39, 0.29) is 12.5 Å². The fourth-order valence-corrected chi connectivity index (χ4v) is 3.59. The van der Waals surface area contributed by atoms with E-state index in [1.165, 1.54) is 0 Å². The van der Waals surface area contributed by atoms with Gasteiger partial charge in [-0.3, -0.25) is 9.10 Å². The van der Waals surface area contributed by atoms with Crippen molar-refractivity contribution in [3.05, 3.63) is 54.6 Å². The van der Waals surface area contributed by atoms with Gasteiger partial charge in [-0.2, -0.15) is 0 Å². The lowest BCUT2D eigenvalue weighted by molar-refractivity contribution is -0.133. The molecular formula is C19H22N2O5S. The average Bonchev–Trinajstić information content (AvgIpc) is 2.67. The summed E-state index contributed by atoms with van der Waals surface area (Å²) in [7, 11) is -3.61. The number of morpholine rings is 1. The largest absolute Gasteiger partial charge is 0.457 e. The van der Waals surface area contributed by atoms with Crippen molar-refractivity contribution in [2.45, 2.75) is 0 Å². The van der Waals surface area contributed by atoms with E-state index in [9.17, 15) is 13.2 Å². The third kappa shape index (κ3) is 5.21. The molecule has 0 atom stereocenters. The van der Waals surface area contributed by atoms with Crippen molar-refractivity contribution in [2.24, 2.45) is 0 Å². The maximum atomic E-state index is 12.5. The molecule has 0 bridgehead atoms. The average molecular weight is 390 g/mol. The molecule has 0 N–H and O–H groups in total. The first-order valence-corrected chi connectivity index (χ1v) is 10.4. The van der Waals surface area contributed by atoms with Crippen molar-refractivity contribution in [1.82, 2.24) is 4.90 Å². The van der Waals surface area contributed by atoms with Crippen molar-refractivity contribution in [2.75, 3.05) is 43.4 Å². The molecule has 0 radical (unpaired) electrons. The van der Waals surface area contributed by atoms with Crippen LogP contribution in [0.4, 0.5) is 5.69 Å². The van der Waals surface area contributed by atoms with Crippen molar-refractivity contribution >= 4 is 21.6 Å². The Morgan fingerprint density at radius 1 is 1.04 bits per heavy atom. The van der Waals surface area contributed by atoms with E-state index in [1.807, 2.05) is 30.3 Å². The zero-order chi connectivity index (χ0) is 19.3. The van der Waals surface area contributed by atoms with Gasteiger partial charge in [0.05, 0.1) is 25.2 Å². The van der Waals surface area contributed by atoms with Gasteiger partial charge in [-0.25, -0.2) is 8.42 Å². The summed E-state index contributed by atoms with van der Waals surface area (Å²) in [6, 6.07) is 15.9. The quantitative estimate of drug-likeness (QED) is 0.755. The summed E-state index contributed by atoms with van der Waals surface area (Å²) in [6.07, 6.45) is 1.09. The molecular weight excluding hydrogens is 368 g/mol. The second-order valence-corrected chi connectivity index (χ2v) is 8.08. The van der Waals surface area contributed by atoms with Crippen LogP contribution in [0.5, 0.6) is 11.5 Å². The van der Waals surface area contributed by atoms with Crippen LogP contribution in [0.3, 0.4) is 0 Å². The number of benzene rings is 2. The first-order valence-electron chi connectivity index (χ1n) is 8.60. The van der Waals surface area contributed by atoms with Gasteiger partial charge in [0.25, 0.3) is 0 Å². The number of hydrogen-bond acceptors (Lipinski definition) is 5. The Morgan fingerprint density at radius 2 is 1.63 bits per heavy atom. The fourth-order valence-electron chi connectivity index (χ4n) is 2.74. The molecule has 1 saturated heterocycles. The Kier molecular flexibility index (Phi) is 5.98. The van der Waals surface area contributed by atoms with Gasteiger partial charge in [0, 0.05) is 13.1 Å². The van der Waals surface area contributed by atoms with Gasteiger partial charge in [0.2, 0.25) is 15.9 Å². The first-order chi connectivity index (χ1) is 12.9. The first kappa shape index (κ1) is 19.2. The second kappa shape index (κ2) is 8.41. The molecule has 2 aromatic carbocycles. The lowest BCUT2D eigenvalue weighted by Crippen LogP contribution is -2.47.